The molecule has 0 saturated carbocycles. The van der Waals surface area contributed by atoms with Crippen molar-refractivity contribution in [3.8, 4) is 0 Å². The van der Waals surface area contributed by atoms with Gasteiger partial charge in [-0.25, -0.2) is 4.98 Å². The van der Waals surface area contributed by atoms with Crippen LogP contribution < -0.4 is 0 Å². The zero-order valence-corrected chi connectivity index (χ0v) is 12.0. The summed E-state index contributed by atoms with van der Waals surface area (Å²) < 4.78 is 6.57. The maximum Gasteiger partial charge on any atom is 0.253 e. The van der Waals surface area contributed by atoms with Crippen molar-refractivity contribution >= 4 is 17.6 Å². The van der Waals surface area contributed by atoms with E-state index in [9.17, 15) is 4.79 Å². The van der Waals surface area contributed by atoms with E-state index in [4.69, 9.17) is 4.74 Å². The molecule has 2 rings (SSSR count). The van der Waals surface area contributed by atoms with Gasteiger partial charge in [0.1, 0.15) is 6.61 Å². The summed E-state index contributed by atoms with van der Waals surface area (Å²) in [6.07, 6.45) is 5.19. The van der Waals surface area contributed by atoms with E-state index < -0.39 is 0 Å². The van der Waals surface area contributed by atoms with Crippen LogP contribution in [-0.4, -0.2) is 51.5 Å². The standard InChI is InChI=1S/C13H17N5O2/c1-9(19)10-7-14-13-15-12(8-20-4)16-18(13)11(10)5-6-17(2)3/h5-7H,8H2,1-4H3. The molecule has 0 saturated heterocycles. The minimum Gasteiger partial charge on any atom is -0.383 e. The van der Waals surface area contributed by atoms with Crippen molar-refractivity contribution in [1.82, 2.24) is 24.5 Å². The number of methoxy groups -OCH3 is 1. The van der Waals surface area contributed by atoms with Gasteiger partial charge in [-0.15, -0.1) is 5.10 Å². The molecule has 0 atom stereocenters. The Labute approximate surface area is 116 Å². The molecule has 2 aromatic rings. The molecule has 0 aromatic carbocycles. The van der Waals surface area contributed by atoms with E-state index in [1.54, 1.807) is 11.6 Å². The molecule has 0 amide bonds. The number of nitrogens with zero attached hydrogens (tertiary/aromatic N) is 5. The number of rotatable bonds is 5. The summed E-state index contributed by atoms with van der Waals surface area (Å²) in [6.45, 7) is 1.80. The molecule has 0 radical (unpaired) electrons. The lowest BCUT2D eigenvalue weighted by Crippen LogP contribution is -2.07. The van der Waals surface area contributed by atoms with Crippen LogP contribution in [0.15, 0.2) is 12.4 Å². The second-order valence-corrected chi connectivity index (χ2v) is 4.57. The Morgan fingerprint density at radius 1 is 1.50 bits per heavy atom. The number of carbonyl (C=O) groups excluding carboxylic acids is 1. The highest BCUT2D eigenvalue weighted by Crippen LogP contribution is 2.13. The number of aromatic nitrogens is 4. The summed E-state index contributed by atoms with van der Waals surface area (Å²) in [5, 5.41) is 4.32. The van der Waals surface area contributed by atoms with Crippen molar-refractivity contribution < 1.29 is 9.53 Å². The van der Waals surface area contributed by atoms with Gasteiger partial charge >= 0.3 is 0 Å². The summed E-state index contributed by atoms with van der Waals surface area (Å²) in [5.74, 6) is 0.905. The molecule has 7 heteroatoms. The molecule has 0 N–H and O–H groups in total. The van der Waals surface area contributed by atoms with Crippen LogP contribution in [-0.2, 0) is 11.3 Å². The number of ketones is 1. The third-order valence-electron chi connectivity index (χ3n) is 2.63. The van der Waals surface area contributed by atoms with E-state index in [1.807, 2.05) is 31.3 Å². The normalized spacial score (nSPS) is 11.4. The Hall–Kier alpha value is -2.28. The molecule has 0 bridgehead atoms. The van der Waals surface area contributed by atoms with Gasteiger partial charge < -0.3 is 9.64 Å². The van der Waals surface area contributed by atoms with E-state index in [1.165, 1.54) is 13.1 Å². The summed E-state index contributed by atoms with van der Waals surface area (Å²) >= 11 is 0. The van der Waals surface area contributed by atoms with E-state index in [-0.39, 0.29) is 5.78 Å². The molecular formula is C13H17N5O2. The maximum atomic E-state index is 11.7. The van der Waals surface area contributed by atoms with Crippen molar-refractivity contribution in [2.45, 2.75) is 13.5 Å². The fraction of sp³-hybridized carbons (Fsp3) is 0.385. The Kier molecular flexibility index (Phi) is 4.09. The molecule has 0 aliphatic carbocycles. The van der Waals surface area contributed by atoms with Crippen LogP contribution in [0.5, 0.6) is 0 Å². The largest absolute Gasteiger partial charge is 0.383 e. The zero-order chi connectivity index (χ0) is 14.7. The first kappa shape index (κ1) is 14.1. The van der Waals surface area contributed by atoms with Crippen LogP contribution in [0.3, 0.4) is 0 Å². The first-order valence-electron chi connectivity index (χ1n) is 6.12. The second kappa shape index (κ2) is 5.79. The highest BCUT2D eigenvalue weighted by Gasteiger charge is 2.14. The smallest absolute Gasteiger partial charge is 0.253 e. The molecule has 0 aliphatic rings. The van der Waals surface area contributed by atoms with Crippen LogP contribution >= 0.6 is 0 Å². The molecule has 2 aromatic heterocycles. The van der Waals surface area contributed by atoms with Crippen molar-refractivity contribution in [3.63, 3.8) is 0 Å². The summed E-state index contributed by atoms with van der Waals surface area (Å²) in [6, 6.07) is 0. The van der Waals surface area contributed by atoms with Gasteiger partial charge in [0.15, 0.2) is 11.6 Å². The van der Waals surface area contributed by atoms with Gasteiger partial charge in [0.2, 0.25) is 0 Å². The Balaban J connectivity index is 2.62. The molecule has 7 nitrogen and oxygen atoms in total. The number of fused-ring (bicyclic) bond motifs is 1. The van der Waals surface area contributed by atoms with Crippen LogP contribution in [0.4, 0.5) is 0 Å². The number of ether oxygens (including phenoxy) is 1. The van der Waals surface area contributed by atoms with E-state index >= 15 is 0 Å². The summed E-state index contributed by atoms with van der Waals surface area (Å²) in [4.78, 5) is 22.0. The Morgan fingerprint density at radius 3 is 2.85 bits per heavy atom. The lowest BCUT2D eigenvalue weighted by molar-refractivity contribution is 0.101. The fourth-order valence-corrected chi connectivity index (χ4v) is 1.73. The molecule has 0 unspecified atom stereocenters. The monoisotopic (exact) mass is 275 g/mol. The van der Waals surface area contributed by atoms with Gasteiger partial charge in [0.05, 0.1) is 11.3 Å². The average Bonchev–Trinajstić information content (AvgIpc) is 2.78. The highest BCUT2D eigenvalue weighted by molar-refractivity contribution is 5.97. The van der Waals surface area contributed by atoms with Gasteiger partial charge in [0, 0.05) is 33.6 Å². The summed E-state index contributed by atoms with van der Waals surface area (Å²) in [5.41, 5.74) is 1.16. The van der Waals surface area contributed by atoms with Gasteiger partial charge in [-0.2, -0.15) is 9.50 Å². The van der Waals surface area contributed by atoms with Crippen LogP contribution in [0.2, 0.25) is 0 Å². The molecule has 0 aliphatic heterocycles. The first-order valence-corrected chi connectivity index (χ1v) is 6.12. The number of Topliss-reactive ketones (excluding diaryl/α,β-unsaturated/α-hetero) is 1. The topological polar surface area (TPSA) is 72.6 Å². The van der Waals surface area contributed by atoms with Crippen LogP contribution in [0, 0.1) is 0 Å². The van der Waals surface area contributed by atoms with E-state index in [0.29, 0.717) is 29.5 Å². The van der Waals surface area contributed by atoms with E-state index in [2.05, 4.69) is 15.1 Å². The lowest BCUT2D eigenvalue weighted by atomic mass is 10.1. The second-order valence-electron chi connectivity index (χ2n) is 4.57. The molecule has 0 spiro atoms. The lowest BCUT2D eigenvalue weighted by Gasteiger charge is -2.06. The zero-order valence-electron chi connectivity index (χ0n) is 12.0. The van der Waals surface area contributed by atoms with Crippen LogP contribution in [0.1, 0.15) is 28.8 Å². The van der Waals surface area contributed by atoms with Crippen molar-refractivity contribution in [2.24, 2.45) is 0 Å². The Bertz CT molecular complexity index is 660. The molecule has 106 valence electrons. The van der Waals surface area contributed by atoms with Crippen LogP contribution in [0.25, 0.3) is 11.9 Å². The third-order valence-corrected chi connectivity index (χ3v) is 2.63. The Morgan fingerprint density at radius 2 is 2.25 bits per heavy atom. The van der Waals surface area contributed by atoms with Gasteiger partial charge in [-0.3, -0.25) is 4.79 Å². The molecule has 20 heavy (non-hydrogen) atoms. The van der Waals surface area contributed by atoms with Gasteiger partial charge in [-0.05, 0) is 13.0 Å². The maximum absolute atomic E-state index is 11.7. The highest BCUT2D eigenvalue weighted by atomic mass is 16.5. The number of hydrogen-bond acceptors (Lipinski definition) is 6. The number of carbonyl (C=O) groups is 1. The van der Waals surface area contributed by atoms with Gasteiger partial charge in [0.25, 0.3) is 5.78 Å². The number of hydrogen-bond donors (Lipinski definition) is 0. The summed E-state index contributed by atoms with van der Waals surface area (Å²) in [7, 11) is 5.38. The van der Waals surface area contributed by atoms with Crippen molar-refractivity contribution in [3.05, 3.63) is 29.5 Å². The minimum absolute atomic E-state index is 0.0680. The first-order chi connectivity index (χ1) is 9.52. The molecule has 2 heterocycles. The minimum atomic E-state index is -0.0680. The van der Waals surface area contributed by atoms with Crippen molar-refractivity contribution in [1.29, 1.82) is 0 Å². The molecular weight excluding hydrogens is 258 g/mol. The average molecular weight is 275 g/mol. The fourth-order valence-electron chi connectivity index (χ4n) is 1.73. The predicted octanol–water partition coefficient (Wildman–Crippen LogP) is 1.01. The van der Waals surface area contributed by atoms with Crippen molar-refractivity contribution in [2.75, 3.05) is 21.2 Å². The quantitative estimate of drug-likeness (QED) is 0.758. The predicted molar refractivity (Wildman–Crippen MR) is 74.2 cm³/mol. The molecule has 0 fully saturated rings. The van der Waals surface area contributed by atoms with Gasteiger partial charge in [-0.1, -0.05) is 0 Å². The van der Waals surface area contributed by atoms with E-state index in [0.717, 1.165) is 0 Å². The third kappa shape index (κ3) is 2.83. The SMILES string of the molecule is COCc1nc2ncc(C(C)=O)c(C=CN(C)C)n2n1.